The Bertz CT molecular complexity index is 999. The molecule has 1 fully saturated rings. The molecule has 1 saturated heterocycles. The number of pyridine rings is 1. The first kappa shape index (κ1) is 20.4. The minimum Gasteiger partial charge on any atom is -0.368 e. The van der Waals surface area contributed by atoms with E-state index in [4.69, 9.17) is 0 Å². The molecule has 0 saturated carbocycles. The topological polar surface area (TPSA) is 82.1 Å². The molecule has 0 radical (unpaired) electrons. The van der Waals surface area contributed by atoms with Gasteiger partial charge in [0.05, 0.1) is 28.7 Å². The van der Waals surface area contributed by atoms with Gasteiger partial charge in [-0.1, -0.05) is 18.3 Å². The van der Waals surface area contributed by atoms with Gasteiger partial charge in [0.2, 0.25) is 5.95 Å². The zero-order chi connectivity index (χ0) is 21.1. The molecule has 2 N–H and O–H groups in total. The minimum atomic E-state index is -0.482. The molecule has 3 aromatic heterocycles. The molecule has 4 rings (SSSR count). The molecule has 1 aliphatic rings. The summed E-state index contributed by atoms with van der Waals surface area (Å²) in [5.41, 5.74) is 2.05. The van der Waals surface area contributed by atoms with Crippen LogP contribution in [0.2, 0.25) is 0 Å². The van der Waals surface area contributed by atoms with Gasteiger partial charge in [0, 0.05) is 33.2 Å². The number of piperazine rings is 1. The second-order valence-electron chi connectivity index (χ2n) is 7.02. The lowest BCUT2D eigenvalue weighted by atomic mass is 10.2. The van der Waals surface area contributed by atoms with E-state index in [1.165, 1.54) is 17.5 Å². The van der Waals surface area contributed by atoms with Gasteiger partial charge >= 0.3 is 0 Å². The van der Waals surface area contributed by atoms with Crippen molar-refractivity contribution >= 4 is 33.9 Å². The number of hydrogen-bond donors (Lipinski definition) is 2. The molecule has 10 heteroatoms. The van der Waals surface area contributed by atoms with Crippen LogP contribution in [-0.2, 0) is 0 Å². The minimum absolute atomic E-state index is 0.231. The monoisotopic (exact) mass is 428 g/mol. The Morgan fingerprint density at radius 2 is 1.90 bits per heavy atom. The van der Waals surface area contributed by atoms with E-state index in [1.54, 1.807) is 7.05 Å². The molecule has 1 aliphatic heterocycles. The first-order valence-corrected chi connectivity index (χ1v) is 10.8. The standard InChI is InChI=1S/C20H25FN8S/c1-4-28-7-9-29(10-8-28)14-5-6-16(23-11-14)26-19-24-12-15(21)17(27-19)18-13(2)25-20(22-3)30-18/h5-6,11-12H,4,7-10H2,1-3H3,(H,22,25)(H,23,24,26,27). The molecular weight excluding hydrogens is 403 g/mol. The molecule has 0 aliphatic carbocycles. The van der Waals surface area contributed by atoms with Crippen molar-refractivity contribution in [2.75, 3.05) is 55.3 Å². The largest absolute Gasteiger partial charge is 0.368 e. The average molecular weight is 429 g/mol. The van der Waals surface area contributed by atoms with Gasteiger partial charge in [-0.2, -0.15) is 0 Å². The van der Waals surface area contributed by atoms with Crippen LogP contribution in [-0.4, -0.2) is 64.6 Å². The number of anilines is 4. The van der Waals surface area contributed by atoms with Gasteiger partial charge < -0.3 is 20.4 Å². The highest BCUT2D eigenvalue weighted by Crippen LogP contribution is 2.33. The second kappa shape index (κ2) is 8.88. The van der Waals surface area contributed by atoms with Crippen LogP contribution in [0, 0.1) is 12.7 Å². The lowest BCUT2D eigenvalue weighted by Gasteiger charge is -2.35. The van der Waals surface area contributed by atoms with E-state index < -0.39 is 5.82 Å². The van der Waals surface area contributed by atoms with Gasteiger partial charge in [-0.15, -0.1) is 0 Å². The summed E-state index contributed by atoms with van der Waals surface area (Å²) in [5.74, 6) is 0.423. The smallest absolute Gasteiger partial charge is 0.229 e. The highest BCUT2D eigenvalue weighted by molar-refractivity contribution is 7.19. The fraction of sp³-hybridized carbons (Fsp3) is 0.400. The van der Waals surface area contributed by atoms with Gasteiger partial charge in [0.1, 0.15) is 11.5 Å². The molecule has 0 unspecified atom stereocenters. The van der Waals surface area contributed by atoms with Crippen molar-refractivity contribution in [3.8, 4) is 10.6 Å². The molecule has 0 amide bonds. The molecule has 0 spiro atoms. The van der Waals surface area contributed by atoms with Crippen LogP contribution in [0.4, 0.5) is 27.0 Å². The van der Waals surface area contributed by atoms with E-state index in [1.807, 2.05) is 25.3 Å². The van der Waals surface area contributed by atoms with Gasteiger partial charge in [-0.3, -0.25) is 0 Å². The van der Waals surface area contributed by atoms with Crippen molar-refractivity contribution in [3.05, 3.63) is 36.0 Å². The maximum absolute atomic E-state index is 14.4. The summed E-state index contributed by atoms with van der Waals surface area (Å²) >= 11 is 1.36. The fourth-order valence-corrected chi connectivity index (χ4v) is 4.30. The van der Waals surface area contributed by atoms with Crippen molar-refractivity contribution in [2.24, 2.45) is 0 Å². The Morgan fingerprint density at radius 1 is 1.10 bits per heavy atom. The third-order valence-corrected chi connectivity index (χ3v) is 6.32. The highest BCUT2D eigenvalue weighted by Gasteiger charge is 2.18. The quantitative estimate of drug-likeness (QED) is 0.619. The van der Waals surface area contributed by atoms with E-state index in [9.17, 15) is 4.39 Å². The number of nitrogens with one attached hydrogen (secondary N) is 2. The molecule has 30 heavy (non-hydrogen) atoms. The van der Waals surface area contributed by atoms with Gasteiger partial charge in [0.15, 0.2) is 10.9 Å². The Labute approximate surface area is 179 Å². The number of hydrogen-bond acceptors (Lipinski definition) is 9. The maximum Gasteiger partial charge on any atom is 0.229 e. The second-order valence-corrected chi connectivity index (χ2v) is 8.02. The van der Waals surface area contributed by atoms with Gasteiger partial charge in [-0.05, 0) is 25.6 Å². The Morgan fingerprint density at radius 3 is 2.53 bits per heavy atom. The number of rotatable bonds is 6. The predicted octanol–water partition coefficient (Wildman–Crippen LogP) is 3.37. The molecule has 0 atom stereocenters. The third kappa shape index (κ3) is 4.34. The first-order chi connectivity index (χ1) is 14.6. The molecule has 8 nitrogen and oxygen atoms in total. The summed E-state index contributed by atoms with van der Waals surface area (Å²) in [5, 5.41) is 6.76. The summed E-state index contributed by atoms with van der Waals surface area (Å²) in [7, 11) is 1.78. The molecule has 4 heterocycles. The third-order valence-electron chi connectivity index (χ3n) is 5.14. The zero-order valence-corrected chi connectivity index (χ0v) is 18.1. The average Bonchev–Trinajstić information content (AvgIpc) is 3.16. The molecule has 0 bridgehead atoms. The van der Waals surface area contributed by atoms with Crippen LogP contribution >= 0.6 is 11.3 Å². The Balaban J connectivity index is 1.49. The van der Waals surface area contributed by atoms with E-state index in [0.717, 1.165) is 44.1 Å². The van der Waals surface area contributed by atoms with Gasteiger partial charge in [-0.25, -0.2) is 24.3 Å². The SMILES string of the molecule is CCN1CCN(c2ccc(Nc3ncc(F)c(-c4sc(NC)nc4C)n3)nc2)CC1. The van der Waals surface area contributed by atoms with Crippen molar-refractivity contribution in [1.82, 2.24) is 24.8 Å². The fourth-order valence-electron chi connectivity index (χ4n) is 3.39. The lowest BCUT2D eigenvalue weighted by molar-refractivity contribution is 0.271. The summed E-state index contributed by atoms with van der Waals surface area (Å²) in [6, 6.07) is 3.93. The van der Waals surface area contributed by atoms with Crippen LogP contribution in [0.5, 0.6) is 0 Å². The maximum atomic E-state index is 14.4. The van der Waals surface area contributed by atoms with E-state index in [0.29, 0.717) is 21.8 Å². The van der Waals surface area contributed by atoms with Gasteiger partial charge in [0.25, 0.3) is 0 Å². The summed E-state index contributed by atoms with van der Waals surface area (Å²) in [6.07, 6.45) is 3.02. The highest BCUT2D eigenvalue weighted by atomic mass is 32.1. The number of likely N-dealkylation sites (N-methyl/N-ethyl adjacent to an activating group) is 1. The van der Waals surface area contributed by atoms with Crippen LogP contribution in [0.3, 0.4) is 0 Å². The Kier molecular flexibility index (Phi) is 6.05. The summed E-state index contributed by atoms with van der Waals surface area (Å²) in [4.78, 5) is 22.7. The van der Waals surface area contributed by atoms with Crippen molar-refractivity contribution < 1.29 is 4.39 Å². The van der Waals surface area contributed by atoms with E-state index in [-0.39, 0.29) is 5.69 Å². The van der Waals surface area contributed by atoms with Crippen LogP contribution in [0.1, 0.15) is 12.6 Å². The lowest BCUT2D eigenvalue weighted by Crippen LogP contribution is -2.46. The molecular formula is C20H25FN8S. The van der Waals surface area contributed by atoms with Crippen molar-refractivity contribution in [2.45, 2.75) is 13.8 Å². The molecule has 0 aromatic carbocycles. The van der Waals surface area contributed by atoms with Crippen LogP contribution < -0.4 is 15.5 Å². The zero-order valence-electron chi connectivity index (χ0n) is 17.3. The Hall–Kier alpha value is -2.85. The van der Waals surface area contributed by atoms with E-state index in [2.05, 4.69) is 47.3 Å². The number of aryl methyl sites for hydroxylation is 1. The summed E-state index contributed by atoms with van der Waals surface area (Å²) in [6.45, 7) is 9.24. The molecule has 3 aromatic rings. The number of aromatic nitrogens is 4. The van der Waals surface area contributed by atoms with Crippen LogP contribution in [0.25, 0.3) is 10.6 Å². The van der Waals surface area contributed by atoms with Crippen molar-refractivity contribution in [1.29, 1.82) is 0 Å². The number of nitrogens with zero attached hydrogens (tertiary/aromatic N) is 6. The first-order valence-electron chi connectivity index (χ1n) is 9.96. The number of halogens is 1. The van der Waals surface area contributed by atoms with E-state index >= 15 is 0 Å². The predicted molar refractivity (Wildman–Crippen MR) is 119 cm³/mol. The van der Waals surface area contributed by atoms with Crippen molar-refractivity contribution in [3.63, 3.8) is 0 Å². The number of thiazole rings is 1. The normalized spacial score (nSPS) is 14.7. The summed E-state index contributed by atoms with van der Waals surface area (Å²) < 4.78 is 14.4. The van der Waals surface area contributed by atoms with Crippen LogP contribution in [0.15, 0.2) is 24.5 Å². The molecule has 158 valence electrons.